The SMILES string of the molecule is COc1cc(O)ccc1[C@H]1C2=CC[C@@H]3C(=O)N(CCCCCC(=O)O)C(=O)[C@@H]3[C@@H]2C[C@H]2C(=O)N(c3ccc(F)c(Cl)c3)C(=O)[C@@]12C. The van der Waals surface area contributed by atoms with Gasteiger partial charge in [0.15, 0.2) is 0 Å². The third kappa shape index (κ3) is 4.87. The van der Waals surface area contributed by atoms with Crippen LogP contribution >= 0.6 is 11.6 Å². The number of fused-ring (bicyclic) bond motifs is 4. The highest BCUT2D eigenvalue weighted by molar-refractivity contribution is 6.31. The number of nitrogens with zero attached hydrogens (tertiary/aromatic N) is 2. The summed E-state index contributed by atoms with van der Waals surface area (Å²) in [4.78, 5) is 69.4. The Labute approximate surface area is 269 Å². The lowest BCUT2D eigenvalue weighted by atomic mass is 9.51. The predicted molar refractivity (Wildman–Crippen MR) is 164 cm³/mol. The van der Waals surface area contributed by atoms with E-state index in [2.05, 4.69) is 0 Å². The maximum atomic E-state index is 14.5. The number of likely N-dealkylation sites (tertiary alicyclic amines) is 1. The number of hydrogen-bond donors (Lipinski definition) is 2. The summed E-state index contributed by atoms with van der Waals surface area (Å²) >= 11 is 6.05. The monoisotopic (exact) mass is 652 g/mol. The predicted octanol–water partition coefficient (Wildman–Crippen LogP) is 5.07. The summed E-state index contributed by atoms with van der Waals surface area (Å²) in [6, 6.07) is 8.20. The van der Waals surface area contributed by atoms with Crippen molar-refractivity contribution in [3.63, 3.8) is 0 Å². The number of phenols is 1. The van der Waals surface area contributed by atoms with E-state index in [1.54, 1.807) is 13.0 Å². The van der Waals surface area contributed by atoms with Crippen molar-refractivity contribution in [2.24, 2.45) is 29.1 Å². The summed E-state index contributed by atoms with van der Waals surface area (Å²) in [5, 5.41) is 18.9. The molecule has 2 N–H and O–H groups in total. The van der Waals surface area contributed by atoms with Crippen molar-refractivity contribution in [1.29, 1.82) is 0 Å². The maximum absolute atomic E-state index is 14.5. The van der Waals surface area contributed by atoms with E-state index < -0.39 is 58.6 Å². The minimum atomic E-state index is -1.35. The summed E-state index contributed by atoms with van der Waals surface area (Å²) in [7, 11) is 1.44. The lowest BCUT2D eigenvalue weighted by molar-refractivity contribution is -0.141. The van der Waals surface area contributed by atoms with Gasteiger partial charge in [0.1, 0.15) is 17.3 Å². The average molecular weight is 653 g/mol. The highest BCUT2D eigenvalue weighted by Gasteiger charge is 2.67. The lowest BCUT2D eigenvalue weighted by Gasteiger charge is -2.49. The highest BCUT2D eigenvalue weighted by atomic mass is 35.5. The molecule has 10 nitrogen and oxygen atoms in total. The molecule has 0 aromatic heterocycles. The molecule has 1 saturated carbocycles. The molecule has 2 aliphatic carbocycles. The Morgan fingerprint density at radius 3 is 2.50 bits per heavy atom. The molecule has 2 saturated heterocycles. The van der Waals surface area contributed by atoms with E-state index in [4.69, 9.17) is 21.4 Å². The number of halogens is 2. The van der Waals surface area contributed by atoms with Gasteiger partial charge in [-0.25, -0.2) is 9.29 Å². The zero-order valence-electron chi connectivity index (χ0n) is 25.4. The summed E-state index contributed by atoms with van der Waals surface area (Å²) < 4.78 is 19.7. The van der Waals surface area contributed by atoms with Gasteiger partial charge in [-0.3, -0.25) is 28.9 Å². The zero-order valence-corrected chi connectivity index (χ0v) is 26.1. The first-order valence-corrected chi connectivity index (χ1v) is 15.7. The molecule has 2 heterocycles. The van der Waals surface area contributed by atoms with Crippen LogP contribution in [0.1, 0.15) is 56.9 Å². The number of benzene rings is 2. The molecule has 2 aliphatic heterocycles. The Balaban J connectivity index is 1.41. The molecule has 4 aliphatic rings. The third-order valence-electron chi connectivity index (χ3n) is 10.3. The largest absolute Gasteiger partial charge is 0.508 e. The van der Waals surface area contributed by atoms with E-state index in [-0.39, 0.29) is 54.1 Å². The number of carbonyl (C=O) groups is 5. The number of unbranched alkanes of at least 4 members (excludes halogenated alkanes) is 2. The molecular weight excluding hydrogens is 619 g/mol. The number of hydrogen-bond acceptors (Lipinski definition) is 7. The normalized spacial score (nSPS) is 28.6. The van der Waals surface area contributed by atoms with Crippen molar-refractivity contribution < 1.29 is 43.3 Å². The molecular formula is C34H34ClFN2O8. The van der Waals surface area contributed by atoms with Gasteiger partial charge in [-0.2, -0.15) is 0 Å². The van der Waals surface area contributed by atoms with Gasteiger partial charge in [0.25, 0.3) is 0 Å². The van der Waals surface area contributed by atoms with Crippen LogP contribution in [0.3, 0.4) is 0 Å². The molecule has 0 spiro atoms. The first kappa shape index (κ1) is 31.7. The van der Waals surface area contributed by atoms with Gasteiger partial charge in [-0.05, 0) is 62.8 Å². The molecule has 2 aromatic rings. The Hall–Kier alpha value is -4.25. The quantitative estimate of drug-likeness (QED) is 0.217. The standard InChI is InChI=1S/C34H34ClFN2O8/c1-34-23(31(43)38(33(34)45)17-7-12-25(36)24(35)14-17)16-22-19(29(34)20-9-8-18(39)15-26(20)46-2)10-11-21-28(22)32(44)37(30(21)42)13-5-3-4-6-27(40)41/h7-10,12,14-15,21-23,28-29,39H,3-6,11,13,16H2,1-2H3,(H,40,41)/t21-,22+,23-,28-,29+,34+/m0/s1. The molecule has 3 fully saturated rings. The van der Waals surface area contributed by atoms with Crippen LogP contribution in [0, 0.1) is 34.9 Å². The number of ether oxygens (including phenoxy) is 1. The topological polar surface area (TPSA) is 142 Å². The number of carboxylic acids is 1. The van der Waals surface area contributed by atoms with Crippen LogP contribution in [-0.4, -0.2) is 58.4 Å². The van der Waals surface area contributed by atoms with Crippen LogP contribution in [0.4, 0.5) is 10.1 Å². The molecule has 12 heteroatoms. The molecule has 46 heavy (non-hydrogen) atoms. The van der Waals surface area contributed by atoms with E-state index in [9.17, 15) is 33.5 Å². The van der Waals surface area contributed by atoms with Gasteiger partial charge >= 0.3 is 5.97 Å². The van der Waals surface area contributed by atoms with Gasteiger partial charge in [0.2, 0.25) is 23.6 Å². The molecule has 6 atom stereocenters. The Morgan fingerprint density at radius 2 is 1.80 bits per heavy atom. The first-order valence-electron chi connectivity index (χ1n) is 15.4. The smallest absolute Gasteiger partial charge is 0.303 e. The van der Waals surface area contributed by atoms with Crippen LogP contribution in [-0.2, 0) is 24.0 Å². The number of aliphatic carboxylic acids is 1. The van der Waals surface area contributed by atoms with Gasteiger partial charge < -0.3 is 14.9 Å². The number of anilines is 1. The molecule has 0 radical (unpaired) electrons. The summed E-state index contributed by atoms with van der Waals surface area (Å²) in [6.07, 6.45) is 3.81. The van der Waals surface area contributed by atoms with E-state index in [0.717, 1.165) is 16.5 Å². The average Bonchev–Trinajstić information content (AvgIpc) is 3.38. The second kappa shape index (κ2) is 11.8. The fraction of sp³-hybridized carbons (Fsp3) is 0.441. The lowest BCUT2D eigenvalue weighted by Crippen LogP contribution is -2.49. The van der Waals surface area contributed by atoms with E-state index in [1.807, 2.05) is 6.08 Å². The molecule has 6 rings (SSSR count). The maximum Gasteiger partial charge on any atom is 0.303 e. The number of amides is 4. The molecule has 0 bridgehead atoms. The minimum absolute atomic E-state index is 0.0126. The van der Waals surface area contributed by atoms with E-state index >= 15 is 0 Å². The van der Waals surface area contributed by atoms with Crippen molar-refractivity contribution in [2.45, 2.75) is 51.4 Å². The van der Waals surface area contributed by atoms with Crippen molar-refractivity contribution in [2.75, 3.05) is 18.6 Å². The number of imide groups is 2. The Morgan fingerprint density at radius 1 is 1.04 bits per heavy atom. The molecule has 4 amide bonds. The number of carbonyl (C=O) groups excluding carboxylic acids is 4. The molecule has 2 aromatic carbocycles. The van der Waals surface area contributed by atoms with Gasteiger partial charge in [-0.1, -0.05) is 35.7 Å². The zero-order chi connectivity index (χ0) is 33.1. The van der Waals surface area contributed by atoms with Gasteiger partial charge in [0, 0.05) is 30.5 Å². The van der Waals surface area contributed by atoms with Crippen LogP contribution < -0.4 is 9.64 Å². The van der Waals surface area contributed by atoms with Gasteiger partial charge in [0.05, 0.1) is 41.0 Å². The highest BCUT2D eigenvalue weighted by Crippen LogP contribution is 2.64. The van der Waals surface area contributed by atoms with Crippen LogP contribution in [0.2, 0.25) is 5.02 Å². The number of carboxylic acid groups (broad SMARTS) is 1. The summed E-state index contributed by atoms with van der Waals surface area (Å²) in [5.41, 5.74) is 0.0831. The number of aromatic hydroxyl groups is 1. The first-order chi connectivity index (χ1) is 21.9. The Bertz CT molecular complexity index is 1690. The van der Waals surface area contributed by atoms with Crippen molar-refractivity contribution in [3.05, 3.63) is 64.5 Å². The van der Waals surface area contributed by atoms with Crippen molar-refractivity contribution >= 4 is 46.9 Å². The number of phenolic OH excluding ortho intramolecular Hbond substituents is 1. The fourth-order valence-electron chi connectivity index (χ4n) is 8.18. The summed E-state index contributed by atoms with van der Waals surface area (Å²) in [5.74, 6) is -6.54. The minimum Gasteiger partial charge on any atom is -0.508 e. The Kier molecular flexibility index (Phi) is 8.16. The van der Waals surface area contributed by atoms with Crippen LogP contribution in [0.25, 0.3) is 0 Å². The van der Waals surface area contributed by atoms with Crippen molar-refractivity contribution in [1.82, 2.24) is 4.90 Å². The summed E-state index contributed by atoms with van der Waals surface area (Å²) in [6.45, 7) is 1.90. The van der Waals surface area contributed by atoms with Gasteiger partial charge in [-0.15, -0.1) is 0 Å². The number of methoxy groups -OCH3 is 1. The molecule has 242 valence electrons. The second-order valence-corrected chi connectivity index (χ2v) is 13.1. The van der Waals surface area contributed by atoms with Crippen LogP contribution in [0.5, 0.6) is 11.5 Å². The van der Waals surface area contributed by atoms with Crippen LogP contribution in [0.15, 0.2) is 48.0 Å². The van der Waals surface area contributed by atoms with Crippen molar-refractivity contribution in [3.8, 4) is 11.5 Å². The number of allylic oxidation sites excluding steroid dienone is 2. The van der Waals surface area contributed by atoms with E-state index in [1.165, 1.54) is 36.3 Å². The second-order valence-electron chi connectivity index (χ2n) is 12.7. The number of rotatable bonds is 9. The van der Waals surface area contributed by atoms with E-state index in [0.29, 0.717) is 30.6 Å². The molecule has 0 unspecified atom stereocenters. The fourth-order valence-corrected chi connectivity index (χ4v) is 8.35. The third-order valence-corrected chi connectivity index (χ3v) is 10.6.